The topological polar surface area (TPSA) is 12.0 Å². The lowest BCUT2D eigenvalue weighted by molar-refractivity contribution is 0.434. The second-order valence-corrected chi connectivity index (χ2v) is 6.18. The molecule has 0 spiro atoms. The van der Waals surface area contributed by atoms with Crippen molar-refractivity contribution >= 4 is 11.6 Å². The monoisotopic (exact) mass is 281 g/mol. The summed E-state index contributed by atoms with van der Waals surface area (Å²) in [6, 6.07) is 8.76. The Bertz CT molecular complexity index is 349. The van der Waals surface area contributed by atoms with E-state index in [2.05, 4.69) is 38.2 Å². The zero-order valence-corrected chi connectivity index (χ0v) is 13.3. The predicted molar refractivity (Wildman–Crippen MR) is 85.9 cm³/mol. The van der Waals surface area contributed by atoms with Crippen LogP contribution in [0.4, 0.5) is 0 Å². The smallest absolute Gasteiger partial charge is 0.0438 e. The van der Waals surface area contributed by atoms with Crippen molar-refractivity contribution in [3.63, 3.8) is 0 Å². The van der Waals surface area contributed by atoms with Crippen molar-refractivity contribution in [1.82, 2.24) is 5.32 Å². The lowest BCUT2D eigenvalue weighted by Gasteiger charge is -2.19. The average molecular weight is 282 g/mol. The van der Waals surface area contributed by atoms with Gasteiger partial charge in [0.1, 0.15) is 0 Å². The van der Waals surface area contributed by atoms with Crippen LogP contribution in [-0.2, 0) is 6.42 Å². The first-order valence-corrected chi connectivity index (χ1v) is 7.98. The third kappa shape index (κ3) is 6.98. The molecule has 1 aromatic rings. The molecular formula is C17H28ClN. The molecule has 19 heavy (non-hydrogen) atoms. The van der Waals surface area contributed by atoms with Crippen molar-refractivity contribution in [2.75, 3.05) is 6.54 Å². The van der Waals surface area contributed by atoms with Crippen molar-refractivity contribution < 1.29 is 0 Å². The van der Waals surface area contributed by atoms with Gasteiger partial charge in [-0.25, -0.2) is 0 Å². The molecule has 0 heterocycles. The van der Waals surface area contributed by atoms with Gasteiger partial charge in [0.2, 0.25) is 0 Å². The quantitative estimate of drug-likeness (QED) is 0.666. The van der Waals surface area contributed by atoms with E-state index in [1.807, 2.05) is 12.1 Å². The molecule has 0 radical (unpaired) electrons. The summed E-state index contributed by atoms with van der Waals surface area (Å²) >= 11 is 6.26. The number of rotatable bonds is 9. The fourth-order valence-corrected chi connectivity index (χ4v) is 2.54. The van der Waals surface area contributed by atoms with E-state index in [0.29, 0.717) is 6.04 Å². The molecule has 2 heteroatoms. The zero-order chi connectivity index (χ0) is 14.1. The maximum Gasteiger partial charge on any atom is 0.0438 e. The first kappa shape index (κ1) is 16.5. The predicted octanol–water partition coefficient (Wildman–Crippen LogP) is 5.08. The summed E-state index contributed by atoms with van der Waals surface area (Å²) in [7, 11) is 0. The highest BCUT2D eigenvalue weighted by Gasteiger charge is 2.11. The minimum absolute atomic E-state index is 0.554. The minimum atomic E-state index is 0.554. The van der Waals surface area contributed by atoms with Crippen molar-refractivity contribution in [3.8, 4) is 0 Å². The van der Waals surface area contributed by atoms with Crippen LogP contribution in [0, 0.1) is 5.92 Å². The van der Waals surface area contributed by atoms with Gasteiger partial charge in [-0.2, -0.15) is 0 Å². The van der Waals surface area contributed by atoms with Crippen molar-refractivity contribution in [2.24, 2.45) is 5.92 Å². The summed E-state index contributed by atoms with van der Waals surface area (Å²) in [5, 5.41) is 4.56. The van der Waals surface area contributed by atoms with Crippen LogP contribution in [0.1, 0.15) is 52.0 Å². The number of nitrogens with one attached hydrogen (secondary N) is 1. The Morgan fingerprint density at radius 2 is 1.89 bits per heavy atom. The van der Waals surface area contributed by atoms with Crippen LogP contribution in [-0.4, -0.2) is 12.6 Å². The largest absolute Gasteiger partial charge is 0.314 e. The normalized spacial score (nSPS) is 12.9. The van der Waals surface area contributed by atoms with Crippen molar-refractivity contribution in [3.05, 3.63) is 34.9 Å². The molecule has 0 fully saturated rings. The van der Waals surface area contributed by atoms with E-state index in [9.17, 15) is 0 Å². The third-order valence-corrected chi connectivity index (χ3v) is 3.81. The first-order valence-electron chi connectivity index (χ1n) is 7.60. The minimum Gasteiger partial charge on any atom is -0.314 e. The van der Waals surface area contributed by atoms with Gasteiger partial charge < -0.3 is 5.32 Å². The molecule has 0 aromatic heterocycles. The van der Waals surface area contributed by atoms with Gasteiger partial charge in [0.05, 0.1) is 0 Å². The molecule has 0 amide bonds. The molecule has 1 aromatic carbocycles. The second-order valence-electron chi connectivity index (χ2n) is 5.77. The number of benzene rings is 1. The zero-order valence-electron chi connectivity index (χ0n) is 12.6. The SMILES string of the molecule is CCCNC(CCCC(C)C)Cc1ccccc1Cl. The standard InChI is InChI=1S/C17H28ClN/c1-4-12-19-16(10-7-8-14(2)3)13-15-9-5-6-11-17(15)18/h5-6,9,11,14,16,19H,4,7-8,10,12-13H2,1-3H3. The van der Waals surface area contributed by atoms with Gasteiger partial charge >= 0.3 is 0 Å². The molecule has 0 aliphatic heterocycles. The summed E-state index contributed by atoms with van der Waals surface area (Å²) in [5.41, 5.74) is 1.27. The summed E-state index contributed by atoms with van der Waals surface area (Å²) in [6.07, 6.45) is 6.07. The second kappa shape index (κ2) is 9.39. The van der Waals surface area contributed by atoms with Gasteiger partial charge in [0.25, 0.3) is 0 Å². The van der Waals surface area contributed by atoms with Crippen molar-refractivity contribution in [1.29, 1.82) is 0 Å². The average Bonchev–Trinajstić information content (AvgIpc) is 2.37. The fourth-order valence-electron chi connectivity index (χ4n) is 2.33. The van der Waals surface area contributed by atoms with Crippen LogP contribution < -0.4 is 5.32 Å². The highest BCUT2D eigenvalue weighted by atomic mass is 35.5. The van der Waals surface area contributed by atoms with E-state index in [0.717, 1.165) is 23.9 Å². The fraction of sp³-hybridized carbons (Fsp3) is 0.647. The molecule has 1 unspecified atom stereocenters. The Hall–Kier alpha value is -0.530. The van der Waals surface area contributed by atoms with E-state index >= 15 is 0 Å². The Labute approximate surface area is 123 Å². The van der Waals surface area contributed by atoms with Gasteiger partial charge in [-0.15, -0.1) is 0 Å². The molecule has 1 nitrogen and oxygen atoms in total. The number of hydrogen-bond donors (Lipinski definition) is 1. The Morgan fingerprint density at radius 1 is 1.16 bits per heavy atom. The van der Waals surface area contributed by atoms with Gasteiger partial charge in [0.15, 0.2) is 0 Å². The molecule has 1 N–H and O–H groups in total. The lowest BCUT2D eigenvalue weighted by Crippen LogP contribution is -2.32. The Kier molecular flexibility index (Phi) is 8.16. The van der Waals surface area contributed by atoms with E-state index in [1.165, 1.54) is 31.2 Å². The molecule has 108 valence electrons. The van der Waals surface area contributed by atoms with Crippen LogP contribution in [0.5, 0.6) is 0 Å². The highest BCUT2D eigenvalue weighted by molar-refractivity contribution is 6.31. The van der Waals surface area contributed by atoms with Gasteiger partial charge in [-0.05, 0) is 43.4 Å². The molecule has 0 bridgehead atoms. The Morgan fingerprint density at radius 3 is 2.53 bits per heavy atom. The van der Waals surface area contributed by atoms with Crippen LogP contribution in [0.3, 0.4) is 0 Å². The summed E-state index contributed by atoms with van der Waals surface area (Å²) in [6.45, 7) is 7.90. The molecule has 0 aliphatic carbocycles. The van der Waals surface area contributed by atoms with E-state index in [-0.39, 0.29) is 0 Å². The van der Waals surface area contributed by atoms with Crippen LogP contribution in [0.2, 0.25) is 5.02 Å². The maximum atomic E-state index is 6.26. The maximum absolute atomic E-state index is 6.26. The Balaban J connectivity index is 2.51. The molecule has 1 atom stereocenters. The molecule has 0 saturated heterocycles. The first-order chi connectivity index (χ1) is 9.13. The summed E-state index contributed by atoms with van der Waals surface area (Å²) in [5.74, 6) is 0.798. The molecule has 1 rings (SSSR count). The van der Waals surface area contributed by atoms with Gasteiger partial charge in [-0.3, -0.25) is 0 Å². The summed E-state index contributed by atoms with van der Waals surface area (Å²) in [4.78, 5) is 0. The third-order valence-electron chi connectivity index (χ3n) is 3.44. The van der Waals surface area contributed by atoms with E-state index < -0.39 is 0 Å². The van der Waals surface area contributed by atoms with E-state index in [4.69, 9.17) is 11.6 Å². The van der Waals surface area contributed by atoms with Gasteiger partial charge in [-0.1, -0.05) is 63.4 Å². The molecular weight excluding hydrogens is 254 g/mol. The number of hydrogen-bond acceptors (Lipinski definition) is 1. The molecule has 0 saturated carbocycles. The van der Waals surface area contributed by atoms with Crippen LogP contribution in [0.15, 0.2) is 24.3 Å². The number of halogens is 1. The van der Waals surface area contributed by atoms with Gasteiger partial charge in [0, 0.05) is 11.1 Å². The highest BCUT2D eigenvalue weighted by Crippen LogP contribution is 2.19. The summed E-state index contributed by atoms with van der Waals surface area (Å²) < 4.78 is 0. The van der Waals surface area contributed by atoms with E-state index in [1.54, 1.807) is 0 Å². The van der Waals surface area contributed by atoms with Crippen LogP contribution >= 0.6 is 11.6 Å². The molecule has 0 aliphatic rings. The van der Waals surface area contributed by atoms with Crippen molar-refractivity contribution in [2.45, 2.75) is 58.9 Å². The lowest BCUT2D eigenvalue weighted by atomic mass is 9.98. The van der Waals surface area contributed by atoms with Crippen LogP contribution in [0.25, 0.3) is 0 Å².